The minimum absolute atomic E-state index is 0. The van der Waals surface area contributed by atoms with E-state index < -0.39 is 21.3 Å². The summed E-state index contributed by atoms with van der Waals surface area (Å²) in [5.74, 6) is 0. The van der Waals surface area contributed by atoms with E-state index in [9.17, 15) is 0 Å². The van der Waals surface area contributed by atoms with Crippen LogP contribution in [0.25, 0.3) is 0 Å². The minimum atomic E-state index is -5.17. The first-order valence-corrected chi connectivity index (χ1v) is 6.68. The molecule has 0 aromatic carbocycles. The fourth-order valence-corrected chi connectivity index (χ4v) is 0. The Labute approximate surface area is 85.5 Å². The van der Waals surface area contributed by atoms with Crippen LogP contribution in [0.3, 0.4) is 0 Å². The van der Waals surface area contributed by atoms with Crippen molar-refractivity contribution in [2.75, 3.05) is 0 Å². The molecule has 69 valence electrons. The van der Waals surface area contributed by atoms with Crippen LogP contribution in [-0.4, -0.2) is 17.5 Å². The van der Waals surface area contributed by atoms with Gasteiger partial charge in [-0.1, -0.05) is 0 Å². The van der Waals surface area contributed by atoms with Gasteiger partial charge in [0.15, 0.2) is 0 Å². The zero-order chi connectivity index (χ0) is 8.08. The standard InChI is InChI=1S/3ClH.2Co.H2O4S/c;;;;;1-5(2,3)4/h3*1H;;;(H2,1,2,3,4)/q;;;+2;+3;/p-5. The summed E-state index contributed by atoms with van der Waals surface area (Å²) in [6, 6.07) is 0. The molecule has 0 spiro atoms. The van der Waals surface area contributed by atoms with Crippen molar-refractivity contribution in [1.29, 1.82) is 0 Å². The summed E-state index contributed by atoms with van der Waals surface area (Å²) in [6.07, 6.45) is 0. The van der Waals surface area contributed by atoms with Crippen LogP contribution in [0.5, 0.6) is 0 Å². The Balaban J connectivity index is -0.0000000910. The van der Waals surface area contributed by atoms with Crippen LogP contribution < -0.4 is 0 Å². The molecular formula is Cl3Co2O4S. The molecule has 10 heteroatoms. The van der Waals surface area contributed by atoms with Gasteiger partial charge >= 0.3 is 58.2 Å². The van der Waals surface area contributed by atoms with Crippen LogP contribution >= 0.6 is 30.4 Å². The topological polar surface area (TPSA) is 80.3 Å². The first kappa shape index (κ1) is 17.7. The summed E-state index contributed by atoms with van der Waals surface area (Å²) in [6.45, 7) is 0. The van der Waals surface area contributed by atoms with Gasteiger partial charge in [-0.3, -0.25) is 8.42 Å². The van der Waals surface area contributed by atoms with E-state index in [4.69, 9.17) is 48.0 Å². The van der Waals surface area contributed by atoms with Gasteiger partial charge in [-0.05, 0) is 0 Å². The smallest absolute Gasteiger partial charge is 2.00 e. The van der Waals surface area contributed by atoms with Gasteiger partial charge in [-0.25, -0.2) is 0 Å². The van der Waals surface area contributed by atoms with Gasteiger partial charge < -0.3 is 9.11 Å². The first-order valence-electron chi connectivity index (χ1n) is 1.04. The normalized spacial score (nSPS) is 10.3. The van der Waals surface area contributed by atoms with E-state index in [1.807, 2.05) is 0 Å². The summed E-state index contributed by atoms with van der Waals surface area (Å²) in [7, 11) is 8.25. The van der Waals surface area contributed by atoms with E-state index in [0.29, 0.717) is 0 Å². The van der Waals surface area contributed by atoms with Gasteiger partial charge in [0.05, 0.1) is 0 Å². The molecule has 10 heavy (non-hydrogen) atoms. The summed E-state index contributed by atoms with van der Waals surface area (Å²) in [5.41, 5.74) is 0. The Morgan fingerprint density at radius 3 is 1.10 bits per heavy atom. The monoisotopic (exact) mass is 319 g/mol. The number of halogens is 3. The number of hydrogen-bond acceptors (Lipinski definition) is 4. The van der Waals surface area contributed by atoms with Gasteiger partial charge in [0.2, 0.25) is 0 Å². The Morgan fingerprint density at radius 2 is 1.10 bits per heavy atom. The summed E-state index contributed by atoms with van der Waals surface area (Å²) < 4.78 is 34.1. The zero-order valence-electron chi connectivity index (χ0n) is 3.84. The van der Waals surface area contributed by atoms with Crippen molar-refractivity contribution in [1.82, 2.24) is 0 Å². The van der Waals surface area contributed by atoms with Crippen LogP contribution in [-0.2, 0) is 38.1 Å². The van der Waals surface area contributed by atoms with E-state index in [2.05, 4.69) is 0 Å². The third-order valence-corrected chi connectivity index (χ3v) is 0. The van der Waals surface area contributed by atoms with Gasteiger partial charge in [-0.2, -0.15) is 0 Å². The molecule has 4 nitrogen and oxygen atoms in total. The van der Waals surface area contributed by atoms with Gasteiger partial charge in [0, 0.05) is 10.4 Å². The summed E-state index contributed by atoms with van der Waals surface area (Å²) in [4.78, 5) is 0. The molecule has 0 bridgehead atoms. The Bertz CT molecular complexity index is 130. The molecule has 0 aliphatic heterocycles. The van der Waals surface area contributed by atoms with E-state index in [1.54, 1.807) is 0 Å². The van der Waals surface area contributed by atoms with Gasteiger partial charge in [0.25, 0.3) is 0 Å². The fraction of sp³-hybridized carbons (Fsp3) is 0. The Kier molecular flexibility index (Phi) is 15.7. The zero-order valence-corrected chi connectivity index (χ0v) is 9.01. The molecule has 0 atom stereocenters. The van der Waals surface area contributed by atoms with Gasteiger partial charge in [0.1, 0.15) is 0 Å². The summed E-state index contributed by atoms with van der Waals surface area (Å²) in [5, 5.41) is 0. The second-order valence-electron chi connectivity index (χ2n) is 0.551. The van der Waals surface area contributed by atoms with Crippen molar-refractivity contribution in [3.8, 4) is 0 Å². The summed E-state index contributed by atoms with van der Waals surface area (Å²) >= 11 is 0. The van der Waals surface area contributed by atoms with Crippen molar-refractivity contribution in [3.05, 3.63) is 0 Å². The van der Waals surface area contributed by atoms with Crippen LogP contribution in [0.4, 0.5) is 0 Å². The Morgan fingerprint density at radius 1 is 1.10 bits per heavy atom. The molecule has 0 heterocycles. The quantitative estimate of drug-likeness (QED) is 0.487. The molecule has 0 aromatic heterocycles. The molecule has 0 N–H and O–H groups in total. The Hall–Kier alpha value is 1.75. The molecule has 0 fully saturated rings. The van der Waals surface area contributed by atoms with Crippen LogP contribution in [0, 0.1) is 0 Å². The molecule has 1 radical (unpaired) electrons. The molecule has 0 aliphatic rings. The molecule has 0 rings (SSSR count). The molecule has 0 amide bonds. The molecular weight excluding hydrogens is 320 g/mol. The molecule has 0 unspecified atom stereocenters. The van der Waals surface area contributed by atoms with E-state index in [-0.39, 0.29) is 16.8 Å². The maximum atomic E-state index is 8.52. The van der Waals surface area contributed by atoms with Gasteiger partial charge in [-0.15, -0.1) is 0 Å². The second kappa shape index (κ2) is 8.85. The molecule has 0 aromatic rings. The van der Waals surface area contributed by atoms with E-state index in [0.717, 1.165) is 0 Å². The average molecular weight is 320 g/mol. The first-order chi connectivity index (χ1) is 3.73. The van der Waals surface area contributed by atoms with Crippen molar-refractivity contribution >= 4 is 40.8 Å². The SMILES string of the molecule is O=S(=O)([O-])[O-].[Cl][Co]([Cl])[Cl].[Co+2]. The number of rotatable bonds is 0. The maximum Gasteiger partial charge on any atom is 2.00 e. The molecule has 0 saturated carbocycles. The maximum absolute atomic E-state index is 8.52. The second-order valence-corrected chi connectivity index (χ2v) is 6.53. The van der Waals surface area contributed by atoms with Crippen molar-refractivity contribution < 1.29 is 45.3 Å². The third kappa shape index (κ3) is 243. The third-order valence-electron chi connectivity index (χ3n) is 0. The van der Waals surface area contributed by atoms with Crippen molar-refractivity contribution in [3.63, 3.8) is 0 Å². The molecule has 0 aliphatic carbocycles. The van der Waals surface area contributed by atoms with E-state index in [1.165, 1.54) is 0 Å². The minimum Gasteiger partial charge on any atom is 2.00 e. The van der Waals surface area contributed by atoms with Crippen LogP contribution in [0.15, 0.2) is 0 Å². The predicted octanol–water partition coefficient (Wildman–Crippen LogP) is 0.726. The average Bonchev–Trinajstić information content (AvgIpc) is 1.19. The van der Waals surface area contributed by atoms with Crippen molar-refractivity contribution in [2.45, 2.75) is 0 Å². The van der Waals surface area contributed by atoms with Crippen LogP contribution in [0.2, 0.25) is 0 Å². The van der Waals surface area contributed by atoms with Crippen molar-refractivity contribution in [2.24, 2.45) is 0 Å². The van der Waals surface area contributed by atoms with Crippen LogP contribution in [0.1, 0.15) is 0 Å². The molecule has 0 saturated heterocycles. The van der Waals surface area contributed by atoms with E-state index >= 15 is 0 Å². The predicted molar refractivity (Wildman–Crippen MR) is 28.0 cm³/mol. The number of hydrogen-bond donors (Lipinski definition) is 0. The fourth-order valence-electron chi connectivity index (χ4n) is 0. The largest absolute Gasteiger partial charge is 2.00 e.